The molecule has 4 heteroatoms. The molecule has 3 nitrogen and oxygen atoms in total. The van der Waals surface area contributed by atoms with Crippen LogP contribution in [-0.2, 0) is 10.9 Å². The maximum Gasteiger partial charge on any atom is 0.0706 e. The zero-order valence-electron chi connectivity index (χ0n) is 10.8. The molecule has 17 heavy (non-hydrogen) atoms. The molecular formula is C13H19N2OP. The third-order valence-corrected chi connectivity index (χ3v) is 3.66. The summed E-state index contributed by atoms with van der Waals surface area (Å²) in [6.45, 7) is 8.46. The van der Waals surface area contributed by atoms with Crippen LogP contribution < -0.4 is 0 Å². The molecule has 0 spiro atoms. The van der Waals surface area contributed by atoms with Crippen molar-refractivity contribution >= 4 is 19.7 Å². The molecule has 0 bridgehead atoms. The van der Waals surface area contributed by atoms with Crippen LogP contribution in [0.1, 0.15) is 25.1 Å². The predicted octanol–water partition coefficient (Wildman–Crippen LogP) is 3.43. The van der Waals surface area contributed by atoms with Gasteiger partial charge in [-0.3, -0.25) is 4.98 Å². The second-order valence-electron chi connectivity index (χ2n) is 4.89. The van der Waals surface area contributed by atoms with Gasteiger partial charge in [0.1, 0.15) is 0 Å². The van der Waals surface area contributed by atoms with Crippen LogP contribution in [0.3, 0.4) is 0 Å². The van der Waals surface area contributed by atoms with Crippen molar-refractivity contribution in [3.8, 4) is 0 Å². The molecule has 0 aliphatic heterocycles. The summed E-state index contributed by atoms with van der Waals surface area (Å²) >= 11 is 0. The number of aromatic amines is 1. The molecule has 0 aromatic carbocycles. The van der Waals surface area contributed by atoms with E-state index in [2.05, 4.69) is 43.5 Å². The van der Waals surface area contributed by atoms with Crippen molar-refractivity contribution in [2.75, 3.05) is 6.66 Å². The van der Waals surface area contributed by atoms with Crippen LogP contribution >= 0.6 is 8.81 Å². The normalized spacial score (nSPS) is 12.9. The Morgan fingerprint density at radius 2 is 2.24 bits per heavy atom. The van der Waals surface area contributed by atoms with Gasteiger partial charge in [-0.05, 0) is 39.1 Å². The Balaban J connectivity index is 2.38. The highest BCUT2D eigenvalue weighted by atomic mass is 31.1. The van der Waals surface area contributed by atoms with Crippen molar-refractivity contribution in [1.29, 1.82) is 0 Å². The Morgan fingerprint density at radius 1 is 1.47 bits per heavy atom. The zero-order chi connectivity index (χ0) is 12.5. The van der Waals surface area contributed by atoms with Gasteiger partial charge in [-0.15, -0.1) is 0 Å². The molecule has 0 saturated carbocycles. The quantitative estimate of drug-likeness (QED) is 0.844. The van der Waals surface area contributed by atoms with Gasteiger partial charge in [0.15, 0.2) is 0 Å². The first-order valence-corrected chi connectivity index (χ1v) is 7.20. The van der Waals surface area contributed by atoms with Gasteiger partial charge in [-0.25, -0.2) is 0 Å². The van der Waals surface area contributed by atoms with Crippen LogP contribution in [0.15, 0.2) is 18.5 Å². The lowest BCUT2D eigenvalue weighted by Crippen LogP contribution is -2.24. The van der Waals surface area contributed by atoms with Crippen LogP contribution in [0.2, 0.25) is 0 Å². The van der Waals surface area contributed by atoms with Gasteiger partial charge in [0, 0.05) is 32.5 Å². The highest BCUT2D eigenvalue weighted by molar-refractivity contribution is 7.31. The molecule has 1 unspecified atom stereocenters. The first kappa shape index (κ1) is 12.5. The highest BCUT2D eigenvalue weighted by Gasteiger charge is 2.22. The van der Waals surface area contributed by atoms with Gasteiger partial charge in [-0.1, -0.05) is 0 Å². The fraction of sp³-hybridized carbons (Fsp3) is 0.462. The molecule has 0 saturated heterocycles. The van der Waals surface area contributed by atoms with Crippen LogP contribution in [0, 0.1) is 6.92 Å². The van der Waals surface area contributed by atoms with E-state index in [-0.39, 0.29) is 5.60 Å². The van der Waals surface area contributed by atoms with E-state index in [1.54, 1.807) is 0 Å². The number of aryl methyl sites for hydroxylation is 1. The number of hydrogen-bond acceptors (Lipinski definition) is 2. The van der Waals surface area contributed by atoms with E-state index in [0.717, 1.165) is 11.9 Å². The van der Waals surface area contributed by atoms with Gasteiger partial charge in [-0.2, -0.15) is 0 Å². The van der Waals surface area contributed by atoms with E-state index in [1.165, 1.54) is 16.6 Å². The lowest BCUT2D eigenvalue weighted by atomic mass is 9.97. The third kappa shape index (κ3) is 2.67. The molecular weight excluding hydrogens is 231 g/mol. The van der Waals surface area contributed by atoms with Crippen molar-refractivity contribution in [3.63, 3.8) is 0 Å². The molecule has 0 aliphatic rings. The van der Waals surface area contributed by atoms with E-state index in [1.807, 2.05) is 12.4 Å². The minimum absolute atomic E-state index is 0.115. The molecule has 2 aromatic heterocycles. The number of pyridine rings is 1. The number of aromatic nitrogens is 2. The molecule has 0 aliphatic carbocycles. The van der Waals surface area contributed by atoms with Gasteiger partial charge >= 0.3 is 0 Å². The maximum atomic E-state index is 5.80. The van der Waals surface area contributed by atoms with Crippen molar-refractivity contribution in [1.82, 2.24) is 9.97 Å². The van der Waals surface area contributed by atoms with E-state index < -0.39 is 0 Å². The van der Waals surface area contributed by atoms with Gasteiger partial charge < -0.3 is 9.51 Å². The molecule has 2 rings (SSSR count). The molecule has 1 N–H and O–H groups in total. The fourth-order valence-corrected chi connectivity index (χ4v) is 2.83. The second kappa shape index (κ2) is 4.75. The Hall–Kier alpha value is -0.920. The summed E-state index contributed by atoms with van der Waals surface area (Å²) < 4.78 is 5.80. The van der Waals surface area contributed by atoms with Crippen molar-refractivity contribution < 1.29 is 4.52 Å². The van der Waals surface area contributed by atoms with Crippen molar-refractivity contribution in [2.45, 2.75) is 32.8 Å². The maximum absolute atomic E-state index is 5.80. The summed E-state index contributed by atoms with van der Waals surface area (Å²) in [5.41, 5.74) is 3.54. The summed E-state index contributed by atoms with van der Waals surface area (Å²) in [7, 11) is 0.522. The first-order chi connectivity index (χ1) is 8.03. The van der Waals surface area contributed by atoms with Gasteiger partial charge in [0.25, 0.3) is 0 Å². The minimum Gasteiger partial charge on any atom is -0.357 e. The fourth-order valence-electron chi connectivity index (χ4n) is 2.20. The largest absolute Gasteiger partial charge is 0.357 e. The minimum atomic E-state index is -0.115. The molecule has 1 atom stereocenters. The Bertz CT molecular complexity index is 519. The molecule has 0 amide bonds. The zero-order valence-corrected chi connectivity index (χ0v) is 11.8. The second-order valence-corrected chi connectivity index (χ2v) is 5.50. The topological polar surface area (TPSA) is 37.9 Å². The van der Waals surface area contributed by atoms with E-state index >= 15 is 0 Å². The van der Waals surface area contributed by atoms with Crippen molar-refractivity contribution in [2.24, 2.45) is 0 Å². The summed E-state index contributed by atoms with van der Waals surface area (Å²) in [5.74, 6) is 0. The predicted molar refractivity (Wildman–Crippen MR) is 73.9 cm³/mol. The van der Waals surface area contributed by atoms with Gasteiger partial charge in [0.05, 0.1) is 17.3 Å². The molecule has 0 fully saturated rings. The first-order valence-electron chi connectivity index (χ1n) is 5.79. The number of hydrogen-bond donors (Lipinski definition) is 1. The monoisotopic (exact) mass is 250 g/mol. The molecule has 2 heterocycles. The average Bonchev–Trinajstić information content (AvgIpc) is 2.55. The lowest BCUT2D eigenvalue weighted by molar-refractivity contribution is 0.135. The molecule has 92 valence electrons. The van der Waals surface area contributed by atoms with Crippen LogP contribution in [-0.4, -0.2) is 22.2 Å². The van der Waals surface area contributed by atoms with Gasteiger partial charge in [0.2, 0.25) is 0 Å². The standard InChI is InChI=1S/C13H19N2OP/c1-9-11(7-13(2,3)16-17-4)10-5-6-14-8-12(10)15-9/h5-6,8,15,17H,7H2,1-4H3. The Labute approximate surface area is 104 Å². The molecule has 2 aromatic rings. The summed E-state index contributed by atoms with van der Waals surface area (Å²) in [4.78, 5) is 7.51. The van der Waals surface area contributed by atoms with Crippen LogP contribution in [0.25, 0.3) is 10.9 Å². The number of fused-ring (bicyclic) bond motifs is 1. The average molecular weight is 250 g/mol. The summed E-state index contributed by atoms with van der Waals surface area (Å²) in [5, 5.41) is 1.26. The summed E-state index contributed by atoms with van der Waals surface area (Å²) in [6, 6.07) is 2.07. The molecule has 0 radical (unpaired) electrons. The highest BCUT2D eigenvalue weighted by Crippen LogP contribution is 2.29. The van der Waals surface area contributed by atoms with Crippen LogP contribution in [0.5, 0.6) is 0 Å². The van der Waals surface area contributed by atoms with E-state index in [9.17, 15) is 0 Å². The number of rotatable bonds is 4. The Kier molecular flexibility index (Phi) is 3.50. The smallest absolute Gasteiger partial charge is 0.0706 e. The van der Waals surface area contributed by atoms with Crippen molar-refractivity contribution in [3.05, 3.63) is 29.7 Å². The lowest BCUT2D eigenvalue weighted by Gasteiger charge is -2.24. The SMILES string of the molecule is CPOC(C)(C)Cc1c(C)[nH]c2cnccc12. The van der Waals surface area contributed by atoms with Crippen LogP contribution in [0.4, 0.5) is 0 Å². The third-order valence-electron chi connectivity index (χ3n) is 2.90. The summed E-state index contributed by atoms with van der Waals surface area (Å²) in [6.07, 6.45) is 4.64. The Morgan fingerprint density at radius 3 is 2.94 bits per heavy atom. The van der Waals surface area contributed by atoms with E-state index in [0.29, 0.717) is 8.81 Å². The van der Waals surface area contributed by atoms with E-state index in [4.69, 9.17) is 4.52 Å². The number of H-pyrrole nitrogens is 1. The number of nitrogens with one attached hydrogen (secondary N) is 1. The number of nitrogens with zero attached hydrogens (tertiary/aromatic N) is 1.